The first kappa shape index (κ1) is 27.3. The zero-order chi connectivity index (χ0) is 24.8. The molecule has 1 heterocycles. The summed E-state index contributed by atoms with van der Waals surface area (Å²) < 4.78 is 19.5. The van der Waals surface area contributed by atoms with Crippen LogP contribution in [0.25, 0.3) is 0 Å². The van der Waals surface area contributed by atoms with Crippen LogP contribution in [0.3, 0.4) is 0 Å². The summed E-state index contributed by atoms with van der Waals surface area (Å²) in [5, 5.41) is 9.39. The highest BCUT2D eigenvalue weighted by Gasteiger charge is 2.29. The smallest absolute Gasteiger partial charge is 0.410 e. The molecule has 0 unspecified atom stereocenters. The van der Waals surface area contributed by atoms with Crippen LogP contribution in [0.5, 0.6) is 0 Å². The highest BCUT2D eigenvalue weighted by molar-refractivity contribution is 9.10. The van der Waals surface area contributed by atoms with Crippen molar-refractivity contribution in [3.05, 3.63) is 22.6 Å². The summed E-state index contributed by atoms with van der Waals surface area (Å²) in [5.41, 5.74) is -0.574. The molecule has 0 atom stereocenters. The molecule has 0 aliphatic heterocycles. The summed E-state index contributed by atoms with van der Waals surface area (Å²) in [5.74, 6) is -0.379. The average Bonchev–Trinajstić information content (AvgIpc) is 2.72. The predicted molar refractivity (Wildman–Crippen MR) is 129 cm³/mol. The van der Waals surface area contributed by atoms with Gasteiger partial charge in [0, 0.05) is 39.8 Å². The van der Waals surface area contributed by atoms with Gasteiger partial charge in [0.05, 0.1) is 11.0 Å². The van der Waals surface area contributed by atoms with Crippen LogP contribution in [0, 0.1) is 11.9 Å². The fourth-order valence-electron chi connectivity index (χ4n) is 4.07. The number of carbonyl (C=O) groups is 2. The molecule has 1 saturated carbocycles. The molecule has 1 aliphatic carbocycles. The van der Waals surface area contributed by atoms with E-state index in [0.29, 0.717) is 29.3 Å². The Balaban J connectivity index is 1.88. The standard InChI is InChI=1S/C23H36BrFN4O4/c1-23(2,3)33-22(32)27(4)12-13-29(15-20(30)31)17-8-6-16(7-9-17)14-28(5)19-11-10-18(24)21(25)26-19/h10-11,16-17H,6-9,12-15H2,1-5H3,(H,30,31). The maximum absolute atomic E-state index is 13.8. The fourth-order valence-corrected chi connectivity index (χ4v) is 4.29. The van der Waals surface area contributed by atoms with Crippen molar-refractivity contribution in [2.75, 3.05) is 45.2 Å². The molecule has 2 rings (SSSR count). The quantitative estimate of drug-likeness (QED) is 0.478. The first-order valence-corrected chi connectivity index (χ1v) is 12.1. The number of pyridine rings is 1. The van der Waals surface area contributed by atoms with Crippen molar-refractivity contribution in [3.8, 4) is 0 Å². The summed E-state index contributed by atoms with van der Waals surface area (Å²) in [6, 6.07) is 3.59. The summed E-state index contributed by atoms with van der Waals surface area (Å²) in [7, 11) is 3.57. The van der Waals surface area contributed by atoms with E-state index in [1.807, 2.05) is 37.6 Å². The second-order valence-electron chi connectivity index (χ2n) is 9.76. The van der Waals surface area contributed by atoms with Crippen molar-refractivity contribution in [1.29, 1.82) is 0 Å². The number of carboxylic acids is 1. The van der Waals surface area contributed by atoms with Crippen LogP contribution in [0.15, 0.2) is 16.6 Å². The van der Waals surface area contributed by atoms with E-state index in [1.165, 1.54) is 4.90 Å². The van der Waals surface area contributed by atoms with Crippen LogP contribution < -0.4 is 4.90 Å². The molecule has 0 saturated heterocycles. The molecule has 1 N–H and O–H groups in total. The van der Waals surface area contributed by atoms with Crippen LogP contribution in [0.1, 0.15) is 46.5 Å². The zero-order valence-corrected chi connectivity index (χ0v) is 21.8. The number of anilines is 1. The molecule has 0 spiro atoms. The van der Waals surface area contributed by atoms with E-state index < -0.39 is 23.6 Å². The molecular formula is C23H36BrFN4O4. The Bertz CT molecular complexity index is 812. The largest absolute Gasteiger partial charge is 0.480 e. The number of amides is 1. The number of aromatic nitrogens is 1. The van der Waals surface area contributed by atoms with Gasteiger partial charge >= 0.3 is 12.1 Å². The molecule has 1 aromatic heterocycles. The molecule has 8 nitrogen and oxygen atoms in total. The van der Waals surface area contributed by atoms with E-state index in [2.05, 4.69) is 20.9 Å². The Hall–Kier alpha value is -1.94. The third kappa shape index (κ3) is 9.08. The maximum atomic E-state index is 13.8. The number of hydrogen-bond donors (Lipinski definition) is 1. The van der Waals surface area contributed by atoms with Crippen LogP contribution in [-0.4, -0.2) is 83.9 Å². The van der Waals surface area contributed by atoms with E-state index >= 15 is 0 Å². The maximum Gasteiger partial charge on any atom is 0.410 e. The van der Waals surface area contributed by atoms with E-state index in [1.54, 1.807) is 19.2 Å². The molecule has 0 radical (unpaired) electrons. The van der Waals surface area contributed by atoms with Gasteiger partial charge in [0.1, 0.15) is 11.4 Å². The van der Waals surface area contributed by atoms with Gasteiger partial charge in [0.25, 0.3) is 0 Å². The Morgan fingerprint density at radius 1 is 1.18 bits per heavy atom. The number of likely N-dealkylation sites (N-methyl/N-ethyl adjacent to an activating group) is 1. The lowest BCUT2D eigenvalue weighted by Crippen LogP contribution is -2.46. The number of rotatable bonds is 9. The number of ether oxygens (including phenoxy) is 1. The van der Waals surface area contributed by atoms with Gasteiger partial charge in [0.15, 0.2) is 0 Å². The lowest BCUT2D eigenvalue weighted by atomic mass is 9.85. The van der Waals surface area contributed by atoms with Gasteiger partial charge in [-0.05, 0) is 80.4 Å². The number of halogens is 2. The molecule has 1 aliphatic rings. The third-order valence-corrected chi connectivity index (χ3v) is 6.40. The Labute approximate surface area is 204 Å². The van der Waals surface area contributed by atoms with E-state index in [9.17, 15) is 19.1 Å². The lowest BCUT2D eigenvalue weighted by Gasteiger charge is -2.38. The second kappa shape index (κ2) is 12.0. The number of nitrogens with zero attached hydrogens (tertiary/aromatic N) is 4. The van der Waals surface area contributed by atoms with Crippen molar-refractivity contribution in [3.63, 3.8) is 0 Å². The first-order valence-electron chi connectivity index (χ1n) is 11.3. The Morgan fingerprint density at radius 3 is 2.36 bits per heavy atom. The van der Waals surface area contributed by atoms with Gasteiger partial charge in [-0.2, -0.15) is 4.39 Å². The number of hydrogen-bond acceptors (Lipinski definition) is 6. The highest BCUT2D eigenvalue weighted by atomic mass is 79.9. The summed E-state index contributed by atoms with van der Waals surface area (Å²) in [4.78, 5) is 33.0. The van der Waals surface area contributed by atoms with E-state index in [-0.39, 0.29) is 12.6 Å². The normalized spacial score (nSPS) is 18.8. The van der Waals surface area contributed by atoms with Crippen molar-refractivity contribution in [1.82, 2.24) is 14.8 Å². The minimum Gasteiger partial charge on any atom is -0.480 e. The monoisotopic (exact) mass is 530 g/mol. The van der Waals surface area contributed by atoms with Crippen molar-refractivity contribution < 1.29 is 23.8 Å². The van der Waals surface area contributed by atoms with Crippen molar-refractivity contribution in [2.45, 2.75) is 58.1 Å². The summed E-state index contributed by atoms with van der Waals surface area (Å²) >= 11 is 3.12. The first-order chi connectivity index (χ1) is 15.4. The van der Waals surface area contributed by atoms with Gasteiger partial charge in [-0.1, -0.05) is 0 Å². The minimum absolute atomic E-state index is 0.0561. The SMILES string of the molecule is CN(CCN(CC(=O)O)C1CCC(CN(C)c2ccc(Br)c(F)n2)CC1)C(=O)OC(C)(C)C. The van der Waals surface area contributed by atoms with Gasteiger partial charge in [-0.15, -0.1) is 0 Å². The van der Waals surface area contributed by atoms with Gasteiger partial charge in [0.2, 0.25) is 5.95 Å². The predicted octanol–water partition coefficient (Wildman–Crippen LogP) is 4.23. The molecule has 1 fully saturated rings. The summed E-state index contributed by atoms with van der Waals surface area (Å²) in [6.45, 7) is 7.02. The lowest BCUT2D eigenvalue weighted by molar-refractivity contribution is -0.139. The zero-order valence-electron chi connectivity index (χ0n) is 20.2. The molecule has 10 heteroatoms. The fraction of sp³-hybridized carbons (Fsp3) is 0.696. The summed E-state index contributed by atoms with van der Waals surface area (Å²) in [6.07, 6.45) is 3.24. The topological polar surface area (TPSA) is 86.2 Å². The third-order valence-electron chi connectivity index (χ3n) is 5.81. The van der Waals surface area contributed by atoms with Crippen LogP contribution in [-0.2, 0) is 9.53 Å². The molecule has 33 heavy (non-hydrogen) atoms. The molecular weight excluding hydrogens is 495 g/mol. The molecule has 0 bridgehead atoms. The molecule has 1 amide bonds. The highest BCUT2D eigenvalue weighted by Crippen LogP contribution is 2.29. The second-order valence-corrected chi connectivity index (χ2v) is 10.6. The van der Waals surface area contributed by atoms with Gasteiger partial charge in [-0.25, -0.2) is 9.78 Å². The van der Waals surface area contributed by atoms with Crippen LogP contribution in [0.2, 0.25) is 0 Å². The van der Waals surface area contributed by atoms with Gasteiger partial charge in [-0.3, -0.25) is 9.69 Å². The minimum atomic E-state index is -0.875. The average molecular weight is 531 g/mol. The van der Waals surface area contributed by atoms with Crippen molar-refractivity contribution >= 4 is 33.8 Å². The molecule has 0 aromatic carbocycles. The Kier molecular flexibility index (Phi) is 9.90. The van der Waals surface area contributed by atoms with Gasteiger partial charge < -0.3 is 19.6 Å². The van der Waals surface area contributed by atoms with Crippen LogP contribution in [0.4, 0.5) is 15.0 Å². The van der Waals surface area contributed by atoms with Crippen molar-refractivity contribution in [2.24, 2.45) is 5.92 Å². The van der Waals surface area contributed by atoms with E-state index in [0.717, 1.165) is 32.2 Å². The molecule has 1 aromatic rings. The number of aliphatic carboxylic acids is 1. The number of carbonyl (C=O) groups excluding carboxylic acids is 1. The number of carboxylic acid groups (broad SMARTS) is 1. The Morgan fingerprint density at radius 2 is 1.82 bits per heavy atom. The van der Waals surface area contributed by atoms with E-state index in [4.69, 9.17) is 4.74 Å². The molecule has 186 valence electrons. The van der Waals surface area contributed by atoms with Crippen LogP contribution >= 0.6 is 15.9 Å².